The van der Waals surface area contributed by atoms with E-state index in [9.17, 15) is 0 Å². The molecular formula is C20H26N8. The number of aromatic nitrogens is 5. The number of anilines is 3. The van der Waals surface area contributed by atoms with Crippen LogP contribution in [0.1, 0.15) is 19.8 Å². The molecule has 0 radical (unpaired) electrons. The van der Waals surface area contributed by atoms with Crippen molar-refractivity contribution in [3.63, 3.8) is 0 Å². The number of benzene rings is 1. The summed E-state index contributed by atoms with van der Waals surface area (Å²) in [5.41, 5.74) is 3.48. The number of hydrogen-bond acceptors (Lipinski definition) is 7. The molecule has 0 spiro atoms. The maximum absolute atomic E-state index is 4.47. The fraction of sp³-hybridized carbons (Fsp3) is 0.400. The molecule has 2 aromatic heterocycles. The number of hydrogen-bond donors (Lipinski definition) is 1. The number of nitrogens with zero attached hydrogens (tertiary/aromatic N) is 7. The van der Waals surface area contributed by atoms with E-state index in [4.69, 9.17) is 0 Å². The molecule has 1 saturated heterocycles. The van der Waals surface area contributed by atoms with Crippen LogP contribution in [0.25, 0.3) is 5.82 Å². The highest BCUT2D eigenvalue weighted by atomic mass is 15.4. The second-order valence-electron chi connectivity index (χ2n) is 7.52. The Labute approximate surface area is 165 Å². The molecule has 1 aromatic carbocycles. The van der Waals surface area contributed by atoms with Crippen molar-refractivity contribution < 1.29 is 1.43 Å². The lowest BCUT2D eigenvalue weighted by atomic mass is 10.1. The highest BCUT2D eigenvalue weighted by Crippen LogP contribution is 2.30. The van der Waals surface area contributed by atoms with E-state index >= 15 is 0 Å². The van der Waals surface area contributed by atoms with Crippen molar-refractivity contribution in [1.82, 2.24) is 29.6 Å². The van der Waals surface area contributed by atoms with Gasteiger partial charge in [-0.3, -0.25) is 4.90 Å². The molecule has 2 fully saturated rings. The van der Waals surface area contributed by atoms with E-state index in [1.54, 1.807) is 23.3 Å². The van der Waals surface area contributed by atoms with Gasteiger partial charge in [-0.05, 0) is 43.5 Å². The molecule has 2 aliphatic rings. The maximum Gasteiger partial charge on any atom is 0.247 e. The first-order valence-electron chi connectivity index (χ1n) is 9.80. The van der Waals surface area contributed by atoms with Gasteiger partial charge >= 0.3 is 0 Å². The Morgan fingerprint density at radius 2 is 1.93 bits per heavy atom. The summed E-state index contributed by atoms with van der Waals surface area (Å²) in [7, 11) is 0. The molecule has 1 N–H and O–H groups in total. The molecule has 28 heavy (non-hydrogen) atoms. The summed E-state index contributed by atoms with van der Waals surface area (Å²) < 4.78 is 1.64. The second-order valence-corrected chi connectivity index (χ2v) is 7.52. The van der Waals surface area contributed by atoms with E-state index in [2.05, 4.69) is 60.3 Å². The normalized spacial score (nSPS) is 17.7. The summed E-state index contributed by atoms with van der Waals surface area (Å²) in [6.07, 6.45) is 7.60. The van der Waals surface area contributed by atoms with Gasteiger partial charge in [-0.2, -0.15) is 4.98 Å². The largest absolute Gasteiger partial charge is 0.369 e. The van der Waals surface area contributed by atoms with Crippen LogP contribution < -0.4 is 10.2 Å². The Morgan fingerprint density at radius 3 is 2.68 bits per heavy atom. The van der Waals surface area contributed by atoms with E-state index in [0.29, 0.717) is 11.8 Å². The van der Waals surface area contributed by atoms with Gasteiger partial charge in [0.1, 0.15) is 12.7 Å². The number of aryl methyl sites for hydroxylation is 1. The minimum atomic E-state index is 0. The first-order chi connectivity index (χ1) is 13.7. The zero-order chi connectivity index (χ0) is 18.9. The fourth-order valence-electron chi connectivity index (χ4n) is 3.78. The average molecular weight is 378 g/mol. The third-order valence-electron chi connectivity index (χ3n) is 5.35. The molecule has 5 rings (SSSR count). The predicted molar refractivity (Wildman–Crippen MR) is 110 cm³/mol. The summed E-state index contributed by atoms with van der Waals surface area (Å²) in [6, 6.07) is 9.21. The molecule has 1 saturated carbocycles. The predicted octanol–water partition coefficient (Wildman–Crippen LogP) is 2.64. The van der Waals surface area contributed by atoms with Crippen molar-refractivity contribution in [2.75, 3.05) is 36.4 Å². The molecule has 1 aliphatic carbocycles. The van der Waals surface area contributed by atoms with E-state index in [-0.39, 0.29) is 1.43 Å². The summed E-state index contributed by atoms with van der Waals surface area (Å²) in [5.74, 6) is 1.24. The van der Waals surface area contributed by atoms with Crippen molar-refractivity contribution in [2.45, 2.75) is 25.8 Å². The molecule has 3 heterocycles. The van der Waals surface area contributed by atoms with Crippen LogP contribution in [-0.4, -0.2) is 61.9 Å². The standard InChI is InChI=1S/C20H24N8.H2/c1-15-10-16(24-20-23-14-28(25-20)19-4-5-21-13-22-19)12-18(11-15)27-8-6-26(7-9-27)17-2-3-17;/h4-5,10-14,17H,2-3,6-9H2,1H3,(H,24,25);1H. The van der Waals surface area contributed by atoms with Crippen LogP contribution in [0, 0.1) is 6.92 Å². The molecule has 146 valence electrons. The van der Waals surface area contributed by atoms with Crippen LogP contribution in [0.15, 0.2) is 43.1 Å². The molecule has 0 unspecified atom stereocenters. The van der Waals surface area contributed by atoms with E-state index in [1.165, 1.54) is 30.4 Å². The zero-order valence-electron chi connectivity index (χ0n) is 16.0. The molecule has 1 aliphatic heterocycles. The van der Waals surface area contributed by atoms with Gasteiger partial charge in [-0.25, -0.2) is 14.6 Å². The fourth-order valence-corrected chi connectivity index (χ4v) is 3.78. The van der Waals surface area contributed by atoms with Gasteiger partial charge < -0.3 is 10.2 Å². The first kappa shape index (κ1) is 17.1. The quantitative estimate of drug-likeness (QED) is 0.731. The van der Waals surface area contributed by atoms with Crippen molar-refractivity contribution in [1.29, 1.82) is 0 Å². The monoisotopic (exact) mass is 378 g/mol. The van der Waals surface area contributed by atoms with Gasteiger partial charge in [0, 0.05) is 57.3 Å². The first-order valence-corrected chi connectivity index (χ1v) is 9.80. The van der Waals surface area contributed by atoms with Gasteiger partial charge in [-0.1, -0.05) is 0 Å². The highest BCUT2D eigenvalue weighted by molar-refractivity contribution is 5.64. The smallest absolute Gasteiger partial charge is 0.247 e. The summed E-state index contributed by atoms with van der Waals surface area (Å²) in [5, 5.41) is 7.80. The summed E-state index contributed by atoms with van der Waals surface area (Å²) in [4.78, 5) is 17.6. The summed E-state index contributed by atoms with van der Waals surface area (Å²) in [6.45, 7) is 6.61. The second kappa shape index (κ2) is 7.20. The molecule has 8 nitrogen and oxygen atoms in total. The van der Waals surface area contributed by atoms with Crippen LogP contribution in [-0.2, 0) is 0 Å². The number of piperazine rings is 1. The minimum Gasteiger partial charge on any atom is -0.369 e. The Morgan fingerprint density at radius 1 is 1.07 bits per heavy atom. The molecule has 0 atom stereocenters. The molecule has 3 aromatic rings. The van der Waals surface area contributed by atoms with Crippen molar-refractivity contribution in [2.24, 2.45) is 0 Å². The zero-order valence-corrected chi connectivity index (χ0v) is 16.0. The SMILES string of the molecule is Cc1cc(Nc2ncn(-c3ccncn3)n2)cc(N2CCN(C3CC3)CC2)c1.[HH]. The molecule has 0 amide bonds. The average Bonchev–Trinajstić information content (AvgIpc) is 3.47. The molecular weight excluding hydrogens is 352 g/mol. The van der Waals surface area contributed by atoms with Crippen LogP contribution in [0.3, 0.4) is 0 Å². The topological polar surface area (TPSA) is 75.0 Å². The minimum absolute atomic E-state index is 0. The van der Waals surface area contributed by atoms with Crippen LogP contribution >= 0.6 is 0 Å². The number of nitrogens with one attached hydrogen (secondary N) is 1. The van der Waals surface area contributed by atoms with Gasteiger partial charge in [0.25, 0.3) is 0 Å². The van der Waals surface area contributed by atoms with Crippen LogP contribution in [0.4, 0.5) is 17.3 Å². The van der Waals surface area contributed by atoms with Crippen LogP contribution in [0.5, 0.6) is 0 Å². The lowest BCUT2D eigenvalue weighted by molar-refractivity contribution is 0.248. The van der Waals surface area contributed by atoms with Gasteiger partial charge in [0.15, 0.2) is 5.82 Å². The lowest BCUT2D eigenvalue weighted by Gasteiger charge is -2.36. The third-order valence-corrected chi connectivity index (χ3v) is 5.35. The lowest BCUT2D eigenvalue weighted by Crippen LogP contribution is -2.47. The van der Waals surface area contributed by atoms with Crippen molar-refractivity contribution >= 4 is 17.3 Å². The third kappa shape index (κ3) is 3.68. The Balaban J connectivity index is 0.00000205. The van der Waals surface area contributed by atoms with E-state index in [1.807, 2.05) is 0 Å². The van der Waals surface area contributed by atoms with Gasteiger partial charge in [-0.15, -0.1) is 5.10 Å². The molecule has 0 bridgehead atoms. The Kier molecular flexibility index (Phi) is 4.40. The highest BCUT2D eigenvalue weighted by Gasteiger charge is 2.31. The van der Waals surface area contributed by atoms with Gasteiger partial charge in [0.2, 0.25) is 5.95 Å². The Bertz CT molecular complexity index is 948. The van der Waals surface area contributed by atoms with Gasteiger partial charge in [0.05, 0.1) is 0 Å². The van der Waals surface area contributed by atoms with Crippen LogP contribution in [0.2, 0.25) is 0 Å². The summed E-state index contributed by atoms with van der Waals surface area (Å²) >= 11 is 0. The van der Waals surface area contributed by atoms with E-state index < -0.39 is 0 Å². The number of rotatable bonds is 5. The van der Waals surface area contributed by atoms with E-state index in [0.717, 1.165) is 37.9 Å². The van der Waals surface area contributed by atoms with Crippen molar-refractivity contribution in [3.05, 3.63) is 48.7 Å². The molecule has 8 heteroatoms. The van der Waals surface area contributed by atoms with Crippen molar-refractivity contribution in [3.8, 4) is 5.82 Å². The maximum atomic E-state index is 4.47. The Hall–Kier alpha value is -3.00.